The molecule has 0 aliphatic rings. The molecule has 2 heterocycles. The number of rotatable bonds is 2. The van der Waals surface area contributed by atoms with Gasteiger partial charge in [0, 0.05) is 18.6 Å². The number of sulfone groups is 1. The van der Waals surface area contributed by atoms with Gasteiger partial charge in [-0.25, -0.2) is 13.4 Å². The van der Waals surface area contributed by atoms with Crippen LogP contribution < -0.4 is 0 Å². The number of H-pyrrole nitrogens is 2. The molecule has 0 unspecified atom stereocenters. The van der Waals surface area contributed by atoms with E-state index in [1.807, 2.05) is 6.92 Å². The van der Waals surface area contributed by atoms with Crippen LogP contribution in [0.1, 0.15) is 5.82 Å². The van der Waals surface area contributed by atoms with Crippen molar-refractivity contribution in [2.45, 2.75) is 16.8 Å². The molecule has 0 amide bonds. The zero-order valence-corrected chi connectivity index (χ0v) is 11.8. The van der Waals surface area contributed by atoms with Crippen molar-refractivity contribution in [3.8, 4) is 0 Å². The zero-order valence-electron chi connectivity index (χ0n) is 10.9. The third-order valence-electron chi connectivity index (χ3n) is 2.55. The number of hydrogen-bond donors (Lipinski definition) is 2. The second kappa shape index (κ2) is 6.21. The van der Waals surface area contributed by atoms with Gasteiger partial charge in [0.05, 0.1) is 4.90 Å². The number of nitrogens with zero attached hydrogens (tertiary/aromatic N) is 1. The molecular weight excluding hydrogens is 274 g/mol. The summed E-state index contributed by atoms with van der Waals surface area (Å²) in [5, 5.41) is 0.226. The van der Waals surface area contributed by atoms with E-state index in [2.05, 4.69) is 15.0 Å². The predicted molar refractivity (Wildman–Crippen MR) is 76.0 cm³/mol. The second-order valence-electron chi connectivity index (χ2n) is 4.03. The first-order chi connectivity index (χ1) is 9.60. The molecule has 0 aliphatic carbocycles. The molecule has 6 heteroatoms. The Morgan fingerprint density at radius 1 is 0.950 bits per heavy atom. The van der Waals surface area contributed by atoms with Crippen molar-refractivity contribution < 1.29 is 8.42 Å². The summed E-state index contributed by atoms with van der Waals surface area (Å²) in [6.07, 6.45) is 5.13. The van der Waals surface area contributed by atoms with E-state index in [0.717, 1.165) is 5.82 Å². The number of nitrogens with one attached hydrogen (secondary N) is 2. The molecule has 5 nitrogen and oxygen atoms in total. The van der Waals surface area contributed by atoms with Crippen molar-refractivity contribution in [1.29, 1.82) is 0 Å². The van der Waals surface area contributed by atoms with Crippen LogP contribution in [-0.4, -0.2) is 23.4 Å². The molecule has 3 rings (SSSR count). The topological polar surface area (TPSA) is 78.6 Å². The number of aromatic nitrogens is 3. The van der Waals surface area contributed by atoms with Gasteiger partial charge in [0.2, 0.25) is 9.84 Å². The van der Waals surface area contributed by atoms with Crippen LogP contribution in [0.15, 0.2) is 71.0 Å². The van der Waals surface area contributed by atoms with Crippen molar-refractivity contribution in [3.05, 3.63) is 66.9 Å². The molecule has 0 radical (unpaired) electrons. The van der Waals surface area contributed by atoms with Gasteiger partial charge in [0.25, 0.3) is 0 Å². The summed E-state index contributed by atoms with van der Waals surface area (Å²) in [7, 11) is -3.35. The van der Waals surface area contributed by atoms with Crippen LogP contribution >= 0.6 is 0 Å². The van der Waals surface area contributed by atoms with Crippen LogP contribution in [0.4, 0.5) is 0 Å². The number of aromatic amines is 2. The van der Waals surface area contributed by atoms with Crippen molar-refractivity contribution in [1.82, 2.24) is 15.0 Å². The Morgan fingerprint density at radius 2 is 1.70 bits per heavy atom. The Labute approximate surface area is 117 Å². The molecule has 0 spiro atoms. The molecule has 0 saturated heterocycles. The summed E-state index contributed by atoms with van der Waals surface area (Å²) in [5.74, 6) is 0.968. The van der Waals surface area contributed by atoms with E-state index in [-0.39, 0.29) is 5.03 Å². The SMILES string of the molecule is Cc1ncc[nH]1.O=S(=O)(c1ccccc1)c1ccc[nH]1. The molecule has 0 fully saturated rings. The van der Waals surface area contributed by atoms with Gasteiger partial charge in [-0.2, -0.15) is 0 Å². The third-order valence-corrected chi connectivity index (χ3v) is 4.27. The minimum absolute atomic E-state index is 0.226. The van der Waals surface area contributed by atoms with Crippen LogP contribution in [0.5, 0.6) is 0 Å². The van der Waals surface area contributed by atoms with Crippen molar-refractivity contribution in [2.75, 3.05) is 0 Å². The van der Waals surface area contributed by atoms with E-state index < -0.39 is 9.84 Å². The van der Waals surface area contributed by atoms with Gasteiger partial charge < -0.3 is 9.97 Å². The van der Waals surface area contributed by atoms with Gasteiger partial charge >= 0.3 is 0 Å². The number of benzene rings is 1. The molecule has 3 aromatic rings. The minimum Gasteiger partial charge on any atom is -0.352 e. The van der Waals surface area contributed by atoms with E-state index in [1.165, 1.54) is 0 Å². The zero-order chi connectivity index (χ0) is 14.4. The molecule has 0 bridgehead atoms. The highest BCUT2D eigenvalue weighted by atomic mass is 32.2. The second-order valence-corrected chi connectivity index (χ2v) is 5.94. The first kappa shape index (κ1) is 14.1. The highest BCUT2D eigenvalue weighted by Gasteiger charge is 2.16. The van der Waals surface area contributed by atoms with Crippen LogP contribution in [0.25, 0.3) is 0 Å². The Kier molecular flexibility index (Phi) is 4.37. The molecule has 1 aromatic carbocycles. The van der Waals surface area contributed by atoms with E-state index in [4.69, 9.17) is 0 Å². The quantitative estimate of drug-likeness (QED) is 0.761. The van der Waals surface area contributed by atoms with Crippen molar-refractivity contribution in [2.24, 2.45) is 0 Å². The van der Waals surface area contributed by atoms with Gasteiger partial charge in [-0.15, -0.1) is 0 Å². The summed E-state index contributed by atoms with van der Waals surface area (Å²) in [4.78, 5) is 9.75. The molecule has 0 aliphatic heterocycles. The fraction of sp³-hybridized carbons (Fsp3) is 0.0714. The lowest BCUT2D eigenvalue weighted by Crippen LogP contribution is -2.01. The standard InChI is InChI=1S/C10H9NO2S.C4H6N2/c12-14(13,10-7-4-8-11-10)9-5-2-1-3-6-9;1-4-5-2-3-6-4/h1-8,11H;2-3H,1H3,(H,5,6). The van der Waals surface area contributed by atoms with Crippen LogP contribution in [0, 0.1) is 6.92 Å². The predicted octanol–water partition coefficient (Wildman–Crippen LogP) is 2.57. The van der Waals surface area contributed by atoms with Crippen molar-refractivity contribution >= 4 is 9.84 Å². The number of hydrogen-bond acceptors (Lipinski definition) is 3. The molecule has 104 valence electrons. The normalized spacial score (nSPS) is 10.7. The molecular formula is C14H15N3O2S. The monoisotopic (exact) mass is 289 g/mol. The van der Waals surface area contributed by atoms with E-state index in [0.29, 0.717) is 4.90 Å². The Hall–Kier alpha value is -2.34. The molecule has 2 aromatic heterocycles. The molecule has 0 atom stereocenters. The van der Waals surface area contributed by atoms with Crippen LogP contribution in [0.2, 0.25) is 0 Å². The van der Waals surface area contributed by atoms with E-state index >= 15 is 0 Å². The summed E-state index contributed by atoms with van der Waals surface area (Å²) in [5.41, 5.74) is 0. The lowest BCUT2D eigenvalue weighted by atomic mass is 10.4. The maximum absolute atomic E-state index is 11.9. The lowest BCUT2D eigenvalue weighted by molar-refractivity contribution is 0.593. The summed E-state index contributed by atoms with van der Waals surface area (Å²) >= 11 is 0. The lowest BCUT2D eigenvalue weighted by Gasteiger charge is -2.00. The maximum atomic E-state index is 11.9. The van der Waals surface area contributed by atoms with Gasteiger partial charge in [-0.1, -0.05) is 18.2 Å². The molecule has 20 heavy (non-hydrogen) atoms. The number of imidazole rings is 1. The average Bonchev–Trinajstić information content (AvgIpc) is 3.13. The first-order valence-corrected chi connectivity index (χ1v) is 7.48. The summed E-state index contributed by atoms with van der Waals surface area (Å²) in [6.45, 7) is 1.92. The Morgan fingerprint density at radius 3 is 2.15 bits per heavy atom. The smallest absolute Gasteiger partial charge is 0.221 e. The highest BCUT2D eigenvalue weighted by Crippen LogP contribution is 2.17. The van der Waals surface area contributed by atoms with Crippen molar-refractivity contribution in [3.63, 3.8) is 0 Å². The molecule has 0 saturated carbocycles. The largest absolute Gasteiger partial charge is 0.352 e. The van der Waals surface area contributed by atoms with Gasteiger partial charge in [-0.3, -0.25) is 0 Å². The summed E-state index contributed by atoms with van der Waals surface area (Å²) in [6, 6.07) is 11.6. The highest BCUT2D eigenvalue weighted by molar-refractivity contribution is 7.91. The maximum Gasteiger partial charge on any atom is 0.221 e. The number of aryl methyl sites for hydroxylation is 1. The van der Waals surface area contributed by atoms with Gasteiger partial charge in [-0.05, 0) is 31.2 Å². The molecule has 2 N–H and O–H groups in total. The van der Waals surface area contributed by atoms with Crippen LogP contribution in [-0.2, 0) is 9.84 Å². The van der Waals surface area contributed by atoms with E-state index in [9.17, 15) is 8.42 Å². The fourth-order valence-electron chi connectivity index (χ4n) is 1.55. The average molecular weight is 289 g/mol. The fourth-order valence-corrected chi connectivity index (χ4v) is 2.80. The Bertz CT molecular complexity index is 718. The Balaban J connectivity index is 0.000000205. The third kappa shape index (κ3) is 3.36. The summed E-state index contributed by atoms with van der Waals surface area (Å²) < 4.78 is 23.7. The first-order valence-electron chi connectivity index (χ1n) is 6.00. The van der Waals surface area contributed by atoms with Crippen LogP contribution in [0.3, 0.4) is 0 Å². The van der Waals surface area contributed by atoms with E-state index in [1.54, 1.807) is 61.1 Å². The van der Waals surface area contributed by atoms with Gasteiger partial charge in [0.15, 0.2) is 0 Å². The minimum atomic E-state index is -3.35. The van der Waals surface area contributed by atoms with Gasteiger partial charge in [0.1, 0.15) is 10.9 Å².